The van der Waals surface area contributed by atoms with E-state index in [2.05, 4.69) is 22.3 Å². The lowest BCUT2D eigenvalue weighted by Gasteiger charge is -2.10. The average molecular weight is 378 g/mol. The van der Waals surface area contributed by atoms with Crippen molar-refractivity contribution in [2.75, 3.05) is 6.61 Å². The van der Waals surface area contributed by atoms with Gasteiger partial charge in [-0.25, -0.2) is 9.67 Å². The summed E-state index contributed by atoms with van der Waals surface area (Å²) in [5.41, 5.74) is 2.41. The number of hydrogen-bond acceptors (Lipinski definition) is 4. The Balaban J connectivity index is 1.67. The SMILES string of the molecule is CCCCOc1cccc(CNC(=O)c2cnn(-c3ccccn3)c2CC)c1. The smallest absolute Gasteiger partial charge is 0.255 e. The van der Waals surface area contributed by atoms with Gasteiger partial charge < -0.3 is 10.1 Å². The molecule has 1 amide bonds. The molecular weight excluding hydrogens is 352 g/mol. The van der Waals surface area contributed by atoms with Crippen molar-refractivity contribution in [1.82, 2.24) is 20.1 Å². The Morgan fingerprint density at radius 3 is 2.82 bits per heavy atom. The largest absolute Gasteiger partial charge is 0.494 e. The van der Waals surface area contributed by atoms with Gasteiger partial charge in [0.05, 0.1) is 24.1 Å². The van der Waals surface area contributed by atoms with Gasteiger partial charge in [0, 0.05) is 12.7 Å². The van der Waals surface area contributed by atoms with Crippen LogP contribution in [0.2, 0.25) is 0 Å². The normalized spacial score (nSPS) is 10.6. The van der Waals surface area contributed by atoms with Crippen LogP contribution in [0, 0.1) is 0 Å². The molecule has 0 aliphatic carbocycles. The van der Waals surface area contributed by atoms with Crippen LogP contribution in [-0.4, -0.2) is 27.3 Å². The van der Waals surface area contributed by atoms with E-state index < -0.39 is 0 Å². The van der Waals surface area contributed by atoms with Crippen molar-refractivity contribution in [1.29, 1.82) is 0 Å². The number of aromatic nitrogens is 3. The second kappa shape index (κ2) is 9.69. The van der Waals surface area contributed by atoms with E-state index in [1.165, 1.54) is 0 Å². The molecule has 3 aromatic rings. The van der Waals surface area contributed by atoms with Crippen LogP contribution in [0.25, 0.3) is 5.82 Å². The van der Waals surface area contributed by atoms with E-state index >= 15 is 0 Å². The minimum Gasteiger partial charge on any atom is -0.494 e. The fourth-order valence-electron chi connectivity index (χ4n) is 2.94. The van der Waals surface area contributed by atoms with Crippen molar-refractivity contribution >= 4 is 5.91 Å². The maximum atomic E-state index is 12.7. The predicted molar refractivity (Wildman–Crippen MR) is 109 cm³/mol. The van der Waals surface area contributed by atoms with E-state index in [9.17, 15) is 4.79 Å². The Bertz CT molecular complexity index is 906. The van der Waals surface area contributed by atoms with Crippen LogP contribution >= 0.6 is 0 Å². The number of hydrogen-bond donors (Lipinski definition) is 1. The Morgan fingerprint density at radius 1 is 1.18 bits per heavy atom. The Kier molecular flexibility index (Phi) is 6.78. The van der Waals surface area contributed by atoms with Gasteiger partial charge in [-0.2, -0.15) is 5.10 Å². The molecule has 6 nitrogen and oxygen atoms in total. The summed E-state index contributed by atoms with van der Waals surface area (Å²) in [5.74, 6) is 1.39. The molecule has 0 unspecified atom stereocenters. The van der Waals surface area contributed by atoms with Crippen LogP contribution in [0.4, 0.5) is 0 Å². The molecule has 0 bridgehead atoms. The standard InChI is InChI=1S/C22H26N4O2/c1-3-5-13-28-18-10-8-9-17(14-18)15-24-22(27)19-16-25-26(20(19)4-2)21-11-6-7-12-23-21/h6-12,14,16H,3-5,13,15H2,1-2H3,(H,24,27). The topological polar surface area (TPSA) is 69.0 Å². The first kappa shape index (κ1) is 19.6. The number of carbonyl (C=O) groups is 1. The molecule has 0 saturated carbocycles. The van der Waals surface area contributed by atoms with Gasteiger partial charge in [-0.3, -0.25) is 4.79 Å². The Labute approximate surface area is 165 Å². The summed E-state index contributed by atoms with van der Waals surface area (Å²) < 4.78 is 7.45. The first-order chi connectivity index (χ1) is 13.7. The minimum absolute atomic E-state index is 0.142. The first-order valence-electron chi connectivity index (χ1n) is 9.71. The summed E-state index contributed by atoms with van der Waals surface area (Å²) in [6, 6.07) is 13.5. The third kappa shape index (κ3) is 4.76. The number of rotatable bonds is 9. The molecule has 28 heavy (non-hydrogen) atoms. The zero-order valence-corrected chi connectivity index (χ0v) is 16.4. The minimum atomic E-state index is -0.142. The number of ether oxygens (including phenoxy) is 1. The number of nitrogens with one attached hydrogen (secondary N) is 1. The third-order valence-corrected chi connectivity index (χ3v) is 4.43. The molecule has 0 spiro atoms. The molecule has 1 N–H and O–H groups in total. The van der Waals surface area contributed by atoms with Gasteiger partial charge in [-0.05, 0) is 42.7 Å². The highest BCUT2D eigenvalue weighted by Crippen LogP contribution is 2.16. The van der Waals surface area contributed by atoms with E-state index in [1.54, 1.807) is 17.1 Å². The molecule has 146 valence electrons. The molecule has 1 aromatic carbocycles. The van der Waals surface area contributed by atoms with Crippen LogP contribution in [-0.2, 0) is 13.0 Å². The summed E-state index contributed by atoms with van der Waals surface area (Å²) >= 11 is 0. The molecule has 0 saturated heterocycles. The number of pyridine rings is 1. The number of amides is 1. The number of nitrogens with zero attached hydrogens (tertiary/aromatic N) is 3. The molecule has 0 fully saturated rings. The molecule has 0 atom stereocenters. The number of unbranched alkanes of at least 4 members (excludes halogenated alkanes) is 1. The lowest BCUT2D eigenvalue weighted by molar-refractivity contribution is 0.0950. The van der Waals surface area contributed by atoms with Crippen LogP contribution in [0.5, 0.6) is 5.75 Å². The van der Waals surface area contributed by atoms with Crippen molar-refractivity contribution < 1.29 is 9.53 Å². The van der Waals surface area contributed by atoms with E-state index in [1.807, 2.05) is 49.4 Å². The maximum Gasteiger partial charge on any atom is 0.255 e. The molecule has 6 heteroatoms. The molecule has 2 heterocycles. The second-order valence-electron chi connectivity index (χ2n) is 6.49. The molecule has 3 rings (SSSR count). The highest BCUT2D eigenvalue weighted by molar-refractivity contribution is 5.95. The molecule has 2 aromatic heterocycles. The number of carbonyl (C=O) groups excluding carboxylic acids is 1. The van der Waals surface area contributed by atoms with E-state index in [0.29, 0.717) is 31.0 Å². The highest BCUT2D eigenvalue weighted by Gasteiger charge is 2.17. The van der Waals surface area contributed by atoms with Gasteiger partial charge in [-0.1, -0.05) is 38.5 Å². The van der Waals surface area contributed by atoms with Crippen LogP contribution in [0.15, 0.2) is 54.9 Å². The quantitative estimate of drug-likeness (QED) is 0.573. The summed E-state index contributed by atoms with van der Waals surface area (Å²) in [7, 11) is 0. The zero-order valence-electron chi connectivity index (χ0n) is 16.4. The van der Waals surface area contributed by atoms with Gasteiger partial charge in [-0.15, -0.1) is 0 Å². The fourth-order valence-corrected chi connectivity index (χ4v) is 2.94. The van der Waals surface area contributed by atoms with E-state index in [4.69, 9.17) is 4.74 Å². The van der Waals surface area contributed by atoms with Crippen molar-refractivity contribution in [2.24, 2.45) is 0 Å². The highest BCUT2D eigenvalue weighted by atomic mass is 16.5. The number of benzene rings is 1. The van der Waals surface area contributed by atoms with Crippen LogP contribution in [0.3, 0.4) is 0 Å². The fraction of sp³-hybridized carbons (Fsp3) is 0.318. The van der Waals surface area contributed by atoms with E-state index in [0.717, 1.165) is 29.8 Å². The van der Waals surface area contributed by atoms with Crippen LogP contribution in [0.1, 0.15) is 48.3 Å². The Morgan fingerprint density at radius 2 is 2.07 bits per heavy atom. The van der Waals surface area contributed by atoms with E-state index in [-0.39, 0.29) is 5.91 Å². The van der Waals surface area contributed by atoms with Gasteiger partial charge in [0.1, 0.15) is 5.75 Å². The predicted octanol–water partition coefficient (Wildman–Crippen LogP) is 3.94. The van der Waals surface area contributed by atoms with Crippen molar-refractivity contribution in [3.8, 4) is 11.6 Å². The summed E-state index contributed by atoms with van der Waals surface area (Å²) in [4.78, 5) is 17.0. The average Bonchev–Trinajstić information content (AvgIpc) is 3.17. The van der Waals surface area contributed by atoms with Gasteiger partial charge in [0.15, 0.2) is 5.82 Å². The second-order valence-corrected chi connectivity index (χ2v) is 6.49. The zero-order chi connectivity index (χ0) is 19.8. The van der Waals surface area contributed by atoms with Crippen LogP contribution < -0.4 is 10.1 Å². The maximum absolute atomic E-state index is 12.7. The monoisotopic (exact) mass is 378 g/mol. The van der Waals surface area contributed by atoms with Gasteiger partial charge >= 0.3 is 0 Å². The lowest BCUT2D eigenvalue weighted by atomic mass is 10.1. The van der Waals surface area contributed by atoms with Gasteiger partial charge in [0.25, 0.3) is 5.91 Å². The van der Waals surface area contributed by atoms with Crippen molar-refractivity contribution in [3.63, 3.8) is 0 Å². The third-order valence-electron chi connectivity index (χ3n) is 4.43. The molecular formula is C22H26N4O2. The van der Waals surface area contributed by atoms with Gasteiger partial charge in [0.2, 0.25) is 0 Å². The van der Waals surface area contributed by atoms with Crippen molar-refractivity contribution in [3.05, 3.63) is 71.7 Å². The first-order valence-corrected chi connectivity index (χ1v) is 9.71. The summed E-state index contributed by atoms with van der Waals surface area (Å²) in [6.45, 7) is 5.28. The molecule has 0 aliphatic heterocycles. The lowest BCUT2D eigenvalue weighted by Crippen LogP contribution is -2.23. The Hall–Kier alpha value is -3.15. The molecule has 0 aliphatic rings. The summed E-state index contributed by atoms with van der Waals surface area (Å²) in [5, 5.41) is 7.34. The summed E-state index contributed by atoms with van der Waals surface area (Å²) in [6.07, 6.45) is 6.13. The van der Waals surface area contributed by atoms with Crippen molar-refractivity contribution in [2.45, 2.75) is 39.7 Å². The molecule has 0 radical (unpaired) electrons.